The molecule has 3 aliphatic rings. The Hall–Kier alpha value is -0.950. The highest BCUT2D eigenvalue weighted by atomic mass is 32.1. The average Bonchev–Trinajstić information content (AvgIpc) is 3.27. The number of ether oxygens (including phenoxy) is 1. The summed E-state index contributed by atoms with van der Waals surface area (Å²) in [5, 5.41) is 5.94. The lowest BCUT2D eigenvalue weighted by atomic mass is 9.79. The van der Waals surface area contributed by atoms with Crippen molar-refractivity contribution in [2.24, 2.45) is 11.8 Å². The van der Waals surface area contributed by atoms with Crippen LogP contribution in [0.3, 0.4) is 0 Å². The fraction of sp³-hybridized carbons (Fsp3) is 0.706. The van der Waals surface area contributed by atoms with Crippen LogP contribution in [-0.2, 0) is 20.9 Å². The molecule has 4 heterocycles. The molecule has 1 aromatic heterocycles. The normalized spacial score (nSPS) is 32.0. The van der Waals surface area contributed by atoms with Gasteiger partial charge in [-0.2, -0.15) is 11.3 Å². The van der Waals surface area contributed by atoms with E-state index in [1.807, 2.05) is 0 Å². The van der Waals surface area contributed by atoms with Crippen molar-refractivity contribution in [1.82, 2.24) is 9.96 Å². The Morgan fingerprint density at radius 3 is 3.04 bits per heavy atom. The predicted molar refractivity (Wildman–Crippen MR) is 87.8 cm³/mol. The number of hydroxylamine groups is 2. The Morgan fingerprint density at radius 1 is 1.30 bits per heavy atom. The first kappa shape index (κ1) is 15.6. The number of amides is 1. The third kappa shape index (κ3) is 3.31. The van der Waals surface area contributed by atoms with Crippen LogP contribution < -0.4 is 0 Å². The first-order chi connectivity index (χ1) is 11.3. The maximum absolute atomic E-state index is 12.8. The van der Waals surface area contributed by atoms with Gasteiger partial charge in [0, 0.05) is 38.1 Å². The minimum Gasteiger partial charge on any atom is -0.378 e. The maximum Gasteiger partial charge on any atom is 0.249 e. The Bertz CT molecular complexity index is 530. The summed E-state index contributed by atoms with van der Waals surface area (Å²) in [6.45, 7) is 5.10. The predicted octanol–water partition coefficient (Wildman–Crippen LogP) is 2.14. The highest BCUT2D eigenvalue weighted by Crippen LogP contribution is 2.35. The van der Waals surface area contributed by atoms with Crippen molar-refractivity contribution in [3.8, 4) is 0 Å². The molecule has 0 aromatic carbocycles. The Morgan fingerprint density at radius 2 is 2.26 bits per heavy atom. The zero-order valence-corrected chi connectivity index (χ0v) is 14.2. The first-order valence-corrected chi connectivity index (χ1v) is 9.55. The molecule has 0 radical (unpaired) electrons. The van der Waals surface area contributed by atoms with Crippen molar-refractivity contribution in [3.63, 3.8) is 0 Å². The zero-order chi connectivity index (χ0) is 15.6. The summed E-state index contributed by atoms with van der Waals surface area (Å²) in [7, 11) is 0. The van der Waals surface area contributed by atoms with Crippen molar-refractivity contribution >= 4 is 17.2 Å². The fourth-order valence-electron chi connectivity index (χ4n) is 4.08. The molecule has 0 aliphatic carbocycles. The average molecular weight is 336 g/mol. The van der Waals surface area contributed by atoms with Crippen LogP contribution >= 0.6 is 11.3 Å². The molecule has 5 nitrogen and oxygen atoms in total. The molecule has 4 rings (SSSR count). The van der Waals surface area contributed by atoms with Crippen LogP contribution in [0.1, 0.15) is 24.8 Å². The van der Waals surface area contributed by atoms with Crippen molar-refractivity contribution in [2.45, 2.75) is 31.9 Å². The first-order valence-electron chi connectivity index (χ1n) is 8.60. The van der Waals surface area contributed by atoms with Gasteiger partial charge in [0.2, 0.25) is 5.91 Å². The molecule has 126 valence electrons. The van der Waals surface area contributed by atoms with Crippen LogP contribution in [0.2, 0.25) is 0 Å². The molecule has 23 heavy (non-hydrogen) atoms. The van der Waals surface area contributed by atoms with Crippen molar-refractivity contribution in [1.29, 1.82) is 0 Å². The van der Waals surface area contributed by atoms with Crippen molar-refractivity contribution < 1.29 is 14.4 Å². The number of hydrogen-bond donors (Lipinski definition) is 0. The van der Waals surface area contributed by atoms with Crippen LogP contribution in [-0.4, -0.2) is 54.8 Å². The third-order valence-electron chi connectivity index (χ3n) is 5.26. The number of nitrogens with zero attached hydrogens (tertiary/aromatic N) is 2. The topological polar surface area (TPSA) is 42.0 Å². The number of likely N-dealkylation sites (tertiary alicyclic amines) is 1. The standard InChI is InChI=1S/C17H24N2O3S/c20-17(19-5-1-7-22-19)14-3-8-21-16-2-6-18(11-15(14)16)10-13-4-9-23-12-13/h4,9,12,14-16H,1-3,5-8,10-11H2/t14-,15+,16-/m1/s1. The van der Waals surface area contributed by atoms with Gasteiger partial charge in [-0.15, -0.1) is 0 Å². The van der Waals surface area contributed by atoms with Gasteiger partial charge in [-0.05, 0) is 41.7 Å². The van der Waals surface area contributed by atoms with Crippen molar-refractivity contribution in [3.05, 3.63) is 22.4 Å². The molecule has 1 amide bonds. The number of piperidine rings is 1. The quantitative estimate of drug-likeness (QED) is 0.848. The summed E-state index contributed by atoms with van der Waals surface area (Å²) in [6, 6.07) is 2.19. The van der Waals surface area contributed by atoms with Gasteiger partial charge in [-0.25, -0.2) is 5.06 Å². The van der Waals surface area contributed by atoms with Gasteiger partial charge in [0.15, 0.2) is 0 Å². The van der Waals surface area contributed by atoms with E-state index in [1.54, 1.807) is 16.4 Å². The van der Waals surface area contributed by atoms with E-state index in [1.165, 1.54) is 5.56 Å². The van der Waals surface area contributed by atoms with E-state index in [9.17, 15) is 4.79 Å². The summed E-state index contributed by atoms with van der Waals surface area (Å²) in [5.74, 6) is 0.531. The SMILES string of the molecule is O=C([C@@H]1CCO[C@@H]2CCN(Cc3ccsc3)C[C@H]21)N1CCCO1. The second kappa shape index (κ2) is 6.89. The van der Waals surface area contributed by atoms with Gasteiger partial charge in [-0.1, -0.05) is 0 Å². The van der Waals surface area contributed by atoms with Gasteiger partial charge in [0.25, 0.3) is 0 Å². The van der Waals surface area contributed by atoms with Gasteiger partial charge in [0.1, 0.15) is 0 Å². The second-order valence-electron chi connectivity index (χ2n) is 6.75. The molecule has 0 unspecified atom stereocenters. The van der Waals surface area contributed by atoms with E-state index in [2.05, 4.69) is 21.7 Å². The van der Waals surface area contributed by atoms with Gasteiger partial charge in [-0.3, -0.25) is 14.5 Å². The van der Waals surface area contributed by atoms with Crippen LogP contribution in [0, 0.1) is 11.8 Å². The number of fused-ring (bicyclic) bond motifs is 1. The lowest BCUT2D eigenvalue weighted by molar-refractivity contribution is -0.185. The molecule has 0 saturated carbocycles. The summed E-state index contributed by atoms with van der Waals surface area (Å²) < 4.78 is 5.97. The number of carbonyl (C=O) groups excluding carboxylic acids is 1. The largest absolute Gasteiger partial charge is 0.378 e. The third-order valence-corrected chi connectivity index (χ3v) is 5.99. The maximum atomic E-state index is 12.8. The van der Waals surface area contributed by atoms with E-state index in [0.717, 1.165) is 45.4 Å². The molecule has 3 aliphatic heterocycles. The minimum absolute atomic E-state index is 0.0529. The Labute approximate surface area is 141 Å². The molecular formula is C17H24N2O3S. The summed E-state index contributed by atoms with van der Waals surface area (Å²) in [6.07, 6.45) is 3.04. The van der Waals surface area contributed by atoms with Crippen LogP contribution in [0.4, 0.5) is 0 Å². The summed E-state index contributed by atoms with van der Waals surface area (Å²) >= 11 is 1.74. The van der Waals surface area contributed by atoms with Gasteiger partial charge >= 0.3 is 0 Å². The Balaban J connectivity index is 1.44. The smallest absolute Gasteiger partial charge is 0.249 e. The molecule has 3 atom stereocenters. The van der Waals surface area contributed by atoms with Crippen LogP contribution in [0.25, 0.3) is 0 Å². The number of carbonyl (C=O) groups is 1. The van der Waals surface area contributed by atoms with E-state index in [4.69, 9.17) is 9.57 Å². The number of thiophene rings is 1. The molecule has 0 bridgehead atoms. The highest BCUT2D eigenvalue weighted by Gasteiger charge is 2.43. The van der Waals surface area contributed by atoms with Crippen LogP contribution in [0.15, 0.2) is 16.8 Å². The summed E-state index contributed by atoms with van der Waals surface area (Å²) in [4.78, 5) is 20.8. The van der Waals surface area contributed by atoms with E-state index >= 15 is 0 Å². The second-order valence-corrected chi connectivity index (χ2v) is 7.53. The Kier molecular flexibility index (Phi) is 4.66. The number of rotatable bonds is 3. The van der Waals surface area contributed by atoms with Crippen molar-refractivity contribution in [2.75, 3.05) is 32.8 Å². The number of hydrogen-bond acceptors (Lipinski definition) is 5. The molecule has 0 spiro atoms. The zero-order valence-electron chi connectivity index (χ0n) is 13.4. The van der Waals surface area contributed by atoms with Gasteiger partial charge < -0.3 is 4.74 Å². The molecule has 3 fully saturated rings. The monoisotopic (exact) mass is 336 g/mol. The highest BCUT2D eigenvalue weighted by molar-refractivity contribution is 7.07. The van der Waals surface area contributed by atoms with Gasteiger partial charge in [0.05, 0.1) is 19.3 Å². The molecule has 0 N–H and O–H groups in total. The lowest BCUT2D eigenvalue weighted by Crippen LogP contribution is -2.53. The van der Waals surface area contributed by atoms with E-state index in [-0.39, 0.29) is 17.9 Å². The van der Waals surface area contributed by atoms with E-state index in [0.29, 0.717) is 19.1 Å². The molecule has 1 aromatic rings. The fourth-order valence-corrected chi connectivity index (χ4v) is 4.74. The lowest BCUT2D eigenvalue weighted by Gasteiger charge is -2.45. The molecule has 3 saturated heterocycles. The van der Waals surface area contributed by atoms with Crippen LogP contribution in [0.5, 0.6) is 0 Å². The minimum atomic E-state index is 0.0529. The van der Waals surface area contributed by atoms with E-state index < -0.39 is 0 Å². The molecular weight excluding hydrogens is 312 g/mol. The summed E-state index contributed by atoms with van der Waals surface area (Å²) in [5.41, 5.74) is 1.37. The molecule has 6 heteroatoms.